The lowest BCUT2D eigenvalue weighted by molar-refractivity contribution is -0.123. The highest BCUT2D eigenvalue weighted by atomic mass is 16.5. The van der Waals surface area contributed by atoms with E-state index in [4.69, 9.17) is 4.74 Å². The van der Waals surface area contributed by atoms with E-state index in [2.05, 4.69) is 5.10 Å². The maximum Gasteiger partial charge on any atom is 0.159 e. The summed E-state index contributed by atoms with van der Waals surface area (Å²) < 4.78 is 6.86. The summed E-state index contributed by atoms with van der Waals surface area (Å²) in [6.07, 6.45) is 4.51. The molecule has 0 saturated carbocycles. The number of Topliss-reactive ketones (excluding diaryl/α,β-unsaturated/α-hetero) is 1. The highest BCUT2D eigenvalue weighted by Gasteiger charge is 2.23. The van der Waals surface area contributed by atoms with Crippen LogP contribution in [-0.4, -0.2) is 28.8 Å². The summed E-state index contributed by atoms with van der Waals surface area (Å²) in [4.78, 5) is 11.7. The van der Waals surface area contributed by atoms with E-state index in [0.717, 1.165) is 12.0 Å². The molecule has 1 aliphatic rings. The third kappa shape index (κ3) is 2.01. The molecule has 4 nitrogen and oxygen atoms in total. The van der Waals surface area contributed by atoms with Gasteiger partial charge in [0, 0.05) is 18.7 Å². The Kier molecular flexibility index (Phi) is 2.63. The molecule has 1 unspecified atom stereocenters. The number of carbonyl (C=O) groups excluding carboxylic acids is 1. The van der Waals surface area contributed by atoms with Crippen molar-refractivity contribution in [2.75, 3.05) is 13.2 Å². The predicted molar refractivity (Wildman–Crippen MR) is 50.9 cm³/mol. The number of rotatable bonds is 3. The Morgan fingerprint density at radius 1 is 1.79 bits per heavy atom. The van der Waals surface area contributed by atoms with Crippen LogP contribution in [0.1, 0.15) is 12.0 Å². The second-order valence-corrected chi connectivity index (χ2v) is 3.74. The minimum Gasteiger partial charge on any atom is -0.381 e. The van der Waals surface area contributed by atoms with Crippen LogP contribution in [0.4, 0.5) is 0 Å². The standard InChI is InChI=1S/C10H14N2O2/c1-8-4-11-12(5-8)6-10(13)9-2-3-14-7-9/h4-5,9H,2-3,6-7H2,1H3. The Morgan fingerprint density at radius 2 is 2.64 bits per heavy atom. The van der Waals surface area contributed by atoms with Crippen molar-refractivity contribution >= 4 is 5.78 Å². The molecule has 1 aliphatic heterocycles. The minimum absolute atomic E-state index is 0.0829. The molecule has 2 rings (SSSR count). The van der Waals surface area contributed by atoms with Gasteiger partial charge in [-0.1, -0.05) is 0 Å². The zero-order chi connectivity index (χ0) is 9.97. The van der Waals surface area contributed by atoms with Crippen LogP contribution in [-0.2, 0) is 16.1 Å². The van der Waals surface area contributed by atoms with Crippen molar-refractivity contribution in [3.63, 3.8) is 0 Å². The van der Waals surface area contributed by atoms with Crippen LogP contribution in [0.3, 0.4) is 0 Å². The number of hydrogen-bond acceptors (Lipinski definition) is 3. The van der Waals surface area contributed by atoms with Crippen molar-refractivity contribution in [2.24, 2.45) is 5.92 Å². The SMILES string of the molecule is Cc1cnn(CC(=O)C2CCOC2)c1. The van der Waals surface area contributed by atoms with E-state index < -0.39 is 0 Å². The maximum atomic E-state index is 11.7. The van der Waals surface area contributed by atoms with Crippen molar-refractivity contribution in [1.82, 2.24) is 9.78 Å². The molecule has 1 atom stereocenters. The first kappa shape index (κ1) is 9.40. The summed E-state index contributed by atoms with van der Waals surface area (Å²) in [6.45, 7) is 3.64. The van der Waals surface area contributed by atoms with E-state index in [1.165, 1.54) is 0 Å². The Balaban J connectivity index is 1.93. The summed E-state index contributed by atoms with van der Waals surface area (Å²) >= 11 is 0. The van der Waals surface area contributed by atoms with Gasteiger partial charge in [-0.25, -0.2) is 0 Å². The highest BCUT2D eigenvalue weighted by Crippen LogP contribution is 2.14. The third-order valence-electron chi connectivity index (χ3n) is 2.47. The molecule has 0 amide bonds. The van der Waals surface area contributed by atoms with Gasteiger partial charge in [-0.2, -0.15) is 5.10 Å². The van der Waals surface area contributed by atoms with Gasteiger partial charge in [-0.3, -0.25) is 9.48 Å². The third-order valence-corrected chi connectivity index (χ3v) is 2.47. The molecule has 2 heterocycles. The van der Waals surface area contributed by atoms with Crippen molar-refractivity contribution in [3.8, 4) is 0 Å². The number of aryl methyl sites for hydroxylation is 1. The van der Waals surface area contributed by atoms with E-state index in [0.29, 0.717) is 19.8 Å². The molecule has 4 heteroatoms. The van der Waals surface area contributed by atoms with Crippen LogP contribution in [0, 0.1) is 12.8 Å². The van der Waals surface area contributed by atoms with Gasteiger partial charge >= 0.3 is 0 Å². The van der Waals surface area contributed by atoms with E-state index >= 15 is 0 Å². The van der Waals surface area contributed by atoms with Crippen LogP contribution in [0.15, 0.2) is 12.4 Å². The van der Waals surface area contributed by atoms with Crippen molar-refractivity contribution in [1.29, 1.82) is 0 Å². The molecular formula is C10H14N2O2. The zero-order valence-corrected chi connectivity index (χ0v) is 8.27. The van der Waals surface area contributed by atoms with Gasteiger partial charge in [-0.15, -0.1) is 0 Å². The van der Waals surface area contributed by atoms with Crippen LogP contribution in [0.25, 0.3) is 0 Å². The first-order valence-corrected chi connectivity index (χ1v) is 4.85. The molecule has 1 saturated heterocycles. The van der Waals surface area contributed by atoms with Gasteiger partial charge in [0.05, 0.1) is 19.3 Å². The molecule has 0 bridgehead atoms. The Bertz CT molecular complexity index is 327. The fourth-order valence-corrected chi connectivity index (χ4v) is 1.63. The summed E-state index contributed by atoms with van der Waals surface area (Å²) in [6, 6.07) is 0. The lowest BCUT2D eigenvalue weighted by Gasteiger charge is -2.05. The van der Waals surface area contributed by atoms with Crippen LogP contribution < -0.4 is 0 Å². The number of ketones is 1. The summed E-state index contributed by atoms with van der Waals surface area (Å²) in [5.74, 6) is 0.310. The summed E-state index contributed by atoms with van der Waals surface area (Å²) in [5, 5.41) is 4.08. The normalized spacial score (nSPS) is 21.4. The van der Waals surface area contributed by atoms with Gasteiger partial charge in [0.25, 0.3) is 0 Å². The number of ether oxygens (including phenoxy) is 1. The molecule has 76 valence electrons. The van der Waals surface area contributed by atoms with Crippen LogP contribution in [0.2, 0.25) is 0 Å². The Hall–Kier alpha value is -1.16. The zero-order valence-electron chi connectivity index (χ0n) is 8.27. The molecular weight excluding hydrogens is 180 g/mol. The predicted octanol–water partition coefficient (Wildman–Crippen LogP) is 0.797. The molecule has 0 aliphatic carbocycles. The maximum absolute atomic E-state index is 11.7. The second-order valence-electron chi connectivity index (χ2n) is 3.74. The molecule has 14 heavy (non-hydrogen) atoms. The number of hydrogen-bond donors (Lipinski definition) is 0. The molecule has 1 aromatic heterocycles. The number of carbonyl (C=O) groups is 1. The largest absolute Gasteiger partial charge is 0.381 e. The molecule has 0 N–H and O–H groups in total. The lowest BCUT2D eigenvalue weighted by atomic mass is 10.0. The molecule has 0 aromatic carbocycles. The van der Waals surface area contributed by atoms with Gasteiger partial charge < -0.3 is 4.74 Å². The van der Waals surface area contributed by atoms with E-state index in [1.807, 2.05) is 13.1 Å². The minimum atomic E-state index is 0.0829. The molecule has 0 radical (unpaired) electrons. The average Bonchev–Trinajstić information content (AvgIpc) is 2.75. The smallest absolute Gasteiger partial charge is 0.159 e. The van der Waals surface area contributed by atoms with E-state index in [9.17, 15) is 4.79 Å². The van der Waals surface area contributed by atoms with Crippen molar-refractivity contribution in [2.45, 2.75) is 19.9 Å². The van der Waals surface area contributed by atoms with Gasteiger partial charge in [0.2, 0.25) is 0 Å². The van der Waals surface area contributed by atoms with E-state index in [-0.39, 0.29) is 11.7 Å². The topological polar surface area (TPSA) is 44.1 Å². The van der Waals surface area contributed by atoms with E-state index in [1.54, 1.807) is 10.9 Å². The van der Waals surface area contributed by atoms with Gasteiger partial charge in [0.1, 0.15) is 0 Å². The Morgan fingerprint density at radius 3 is 3.21 bits per heavy atom. The van der Waals surface area contributed by atoms with Crippen LogP contribution >= 0.6 is 0 Å². The quantitative estimate of drug-likeness (QED) is 0.714. The van der Waals surface area contributed by atoms with Crippen LogP contribution in [0.5, 0.6) is 0 Å². The van der Waals surface area contributed by atoms with Gasteiger partial charge in [-0.05, 0) is 18.9 Å². The Labute approximate surface area is 82.9 Å². The first-order valence-electron chi connectivity index (χ1n) is 4.85. The second kappa shape index (κ2) is 3.92. The van der Waals surface area contributed by atoms with Crippen molar-refractivity contribution in [3.05, 3.63) is 18.0 Å². The average molecular weight is 194 g/mol. The fourth-order valence-electron chi connectivity index (χ4n) is 1.63. The summed E-state index contributed by atoms with van der Waals surface area (Å²) in [5.41, 5.74) is 1.08. The monoisotopic (exact) mass is 194 g/mol. The highest BCUT2D eigenvalue weighted by molar-refractivity contribution is 5.81. The fraction of sp³-hybridized carbons (Fsp3) is 0.600. The molecule has 1 aromatic rings. The van der Waals surface area contributed by atoms with Gasteiger partial charge in [0.15, 0.2) is 5.78 Å². The number of nitrogens with zero attached hydrogens (tertiary/aromatic N) is 2. The van der Waals surface area contributed by atoms with Crippen molar-refractivity contribution < 1.29 is 9.53 Å². The lowest BCUT2D eigenvalue weighted by Crippen LogP contribution is -2.20. The molecule has 1 fully saturated rings. The first-order chi connectivity index (χ1) is 6.75. The molecule has 0 spiro atoms. The number of aromatic nitrogens is 2. The summed E-state index contributed by atoms with van der Waals surface area (Å²) in [7, 11) is 0.